The molecule has 0 bridgehead atoms. The van der Waals surface area contributed by atoms with Gasteiger partial charge in [0, 0.05) is 30.2 Å². The van der Waals surface area contributed by atoms with Gasteiger partial charge in [0.25, 0.3) is 0 Å². The zero-order valence-electron chi connectivity index (χ0n) is 10.6. The molecule has 1 aliphatic rings. The van der Waals surface area contributed by atoms with Crippen molar-refractivity contribution in [3.63, 3.8) is 0 Å². The Kier molecular flexibility index (Phi) is 3.10. The van der Waals surface area contributed by atoms with Gasteiger partial charge in [-0.3, -0.25) is 4.90 Å². The maximum Gasteiger partial charge on any atom is 0.0359 e. The van der Waals surface area contributed by atoms with Gasteiger partial charge in [0.15, 0.2) is 0 Å². The molecule has 1 aliphatic heterocycles. The lowest BCUT2D eigenvalue weighted by Crippen LogP contribution is -2.29. The molecular weight excluding hydrogens is 240 g/mol. The quantitative estimate of drug-likeness (QED) is 0.838. The molecule has 0 saturated carbocycles. The van der Waals surface area contributed by atoms with Crippen LogP contribution in [-0.2, 0) is 19.5 Å². The molecule has 18 heavy (non-hydrogen) atoms. The van der Waals surface area contributed by atoms with E-state index in [0.717, 1.165) is 25.3 Å². The van der Waals surface area contributed by atoms with E-state index >= 15 is 0 Å². The summed E-state index contributed by atoms with van der Waals surface area (Å²) in [6.45, 7) is 5.28. The Morgan fingerprint density at radius 3 is 3.11 bits per heavy atom. The average Bonchev–Trinajstić information content (AvgIpc) is 2.81. The van der Waals surface area contributed by atoms with E-state index in [0.29, 0.717) is 0 Å². The lowest BCUT2D eigenvalue weighted by atomic mass is 10.1. The third-order valence-electron chi connectivity index (χ3n) is 3.58. The normalized spacial score (nSPS) is 15.6. The van der Waals surface area contributed by atoms with Crippen molar-refractivity contribution in [2.75, 3.05) is 12.3 Å². The minimum Gasteiger partial charge on any atom is -0.398 e. The molecule has 1 aromatic heterocycles. The van der Waals surface area contributed by atoms with E-state index in [1.807, 2.05) is 17.4 Å². The molecule has 0 fully saturated rings. The first-order valence-corrected chi connectivity index (χ1v) is 7.23. The summed E-state index contributed by atoms with van der Waals surface area (Å²) in [5.74, 6) is 0. The maximum absolute atomic E-state index is 6.06. The fraction of sp³-hybridized carbons (Fsp3) is 0.333. The fourth-order valence-electron chi connectivity index (χ4n) is 2.55. The summed E-state index contributed by atoms with van der Waals surface area (Å²) in [5, 5.41) is 2.20. The molecule has 2 N–H and O–H groups in total. The van der Waals surface area contributed by atoms with Crippen molar-refractivity contribution in [2.24, 2.45) is 0 Å². The van der Waals surface area contributed by atoms with Gasteiger partial charge in [-0.2, -0.15) is 0 Å². The van der Waals surface area contributed by atoms with E-state index in [4.69, 9.17) is 5.73 Å². The van der Waals surface area contributed by atoms with Crippen molar-refractivity contribution < 1.29 is 0 Å². The predicted octanol–water partition coefficient (Wildman–Crippen LogP) is 3.20. The van der Waals surface area contributed by atoms with Gasteiger partial charge in [-0.15, -0.1) is 11.3 Å². The molecule has 94 valence electrons. The van der Waals surface area contributed by atoms with Gasteiger partial charge in [0.1, 0.15) is 0 Å². The number of nitrogen functional groups attached to an aromatic ring is 1. The number of rotatable bonds is 2. The maximum atomic E-state index is 6.06. The molecule has 3 heteroatoms. The van der Waals surface area contributed by atoms with Crippen LogP contribution in [0.5, 0.6) is 0 Å². The molecule has 2 heterocycles. The number of nitrogens with zero attached hydrogens (tertiary/aromatic N) is 1. The number of benzene rings is 1. The molecule has 0 aliphatic carbocycles. The van der Waals surface area contributed by atoms with Gasteiger partial charge >= 0.3 is 0 Å². The van der Waals surface area contributed by atoms with E-state index < -0.39 is 0 Å². The summed E-state index contributed by atoms with van der Waals surface area (Å²) in [5.41, 5.74) is 11.0. The highest BCUT2D eigenvalue weighted by atomic mass is 32.1. The second kappa shape index (κ2) is 4.75. The van der Waals surface area contributed by atoms with Crippen LogP contribution in [0, 0.1) is 6.92 Å². The van der Waals surface area contributed by atoms with Gasteiger partial charge in [0.05, 0.1) is 0 Å². The summed E-state index contributed by atoms with van der Waals surface area (Å²) in [4.78, 5) is 4.05. The molecule has 0 saturated heterocycles. The first kappa shape index (κ1) is 11.8. The van der Waals surface area contributed by atoms with Gasteiger partial charge in [-0.05, 0) is 42.0 Å². The standard InChI is InChI=1S/C15H18N2S/c1-11-2-3-14(16)13(8-11)10-17-6-4-15-12(9-17)5-7-18-15/h2-3,5,7-8H,4,6,9-10,16H2,1H3. The van der Waals surface area contributed by atoms with Gasteiger partial charge < -0.3 is 5.73 Å². The molecule has 2 nitrogen and oxygen atoms in total. The highest BCUT2D eigenvalue weighted by Gasteiger charge is 2.17. The molecule has 1 aromatic carbocycles. The van der Waals surface area contributed by atoms with E-state index in [1.165, 1.54) is 23.1 Å². The summed E-state index contributed by atoms with van der Waals surface area (Å²) >= 11 is 1.89. The smallest absolute Gasteiger partial charge is 0.0359 e. The van der Waals surface area contributed by atoms with Crippen molar-refractivity contribution >= 4 is 17.0 Å². The SMILES string of the molecule is Cc1ccc(N)c(CN2CCc3sccc3C2)c1. The van der Waals surface area contributed by atoms with Crippen molar-refractivity contribution in [3.05, 3.63) is 51.2 Å². The van der Waals surface area contributed by atoms with Crippen LogP contribution >= 0.6 is 11.3 Å². The molecule has 0 atom stereocenters. The highest BCUT2D eigenvalue weighted by Crippen LogP contribution is 2.26. The van der Waals surface area contributed by atoms with Crippen LogP contribution in [0.15, 0.2) is 29.6 Å². The van der Waals surface area contributed by atoms with Crippen LogP contribution in [0.3, 0.4) is 0 Å². The molecule has 3 rings (SSSR count). The van der Waals surface area contributed by atoms with Crippen LogP contribution in [0.2, 0.25) is 0 Å². The fourth-order valence-corrected chi connectivity index (χ4v) is 3.44. The third kappa shape index (κ3) is 2.28. The molecule has 2 aromatic rings. The Morgan fingerprint density at radius 2 is 2.22 bits per heavy atom. The second-order valence-electron chi connectivity index (χ2n) is 5.03. The van der Waals surface area contributed by atoms with Crippen LogP contribution in [0.1, 0.15) is 21.6 Å². The van der Waals surface area contributed by atoms with E-state index in [9.17, 15) is 0 Å². The van der Waals surface area contributed by atoms with Gasteiger partial charge in [0.2, 0.25) is 0 Å². The molecule has 0 spiro atoms. The Morgan fingerprint density at radius 1 is 1.33 bits per heavy atom. The van der Waals surface area contributed by atoms with Gasteiger partial charge in [-0.25, -0.2) is 0 Å². The first-order chi connectivity index (χ1) is 8.72. The third-order valence-corrected chi connectivity index (χ3v) is 4.60. The number of thiophene rings is 1. The molecule has 0 amide bonds. The van der Waals surface area contributed by atoms with Crippen molar-refractivity contribution in [2.45, 2.75) is 26.4 Å². The van der Waals surface area contributed by atoms with Gasteiger partial charge in [-0.1, -0.05) is 17.7 Å². The average molecular weight is 258 g/mol. The number of fused-ring (bicyclic) bond motifs is 1. The lowest BCUT2D eigenvalue weighted by Gasteiger charge is -2.27. The predicted molar refractivity (Wildman–Crippen MR) is 77.7 cm³/mol. The Bertz CT molecular complexity index is 559. The van der Waals surface area contributed by atoms with Crippen LogP contribution in [0.4, 0.5) is 5.69 Å². The minimum atomic E-state index is 0.914. The number of anilines is 1. The first-order valence-electron chi connectivity index (χ1n) is 6.35. The number of aryl methyl sites for hydroxylation is 1. The topological polar surface area (TPSA) is 29.3 Å². The lowest BCUT2D eigenvalue weighted by molar-refractivity contribution is 0.248. The van der Waals surface area contributed by atoms with Crippen molar-refractivity contribution in [3.8, 4) is 0 Å². The molecule has 0 radical (unpaired) electrons. The van der Waals surface area contributed by atoms with E-state index in [-0.39, 0.29) is 0 Å². The van der Waals surface area contributed by atoms with Crippen molar-refractivity contribution in [1.29, 1.82) is 0 Å². The number of hydrogen-bond donors (Lipinski definition) is 1. The number of hydrogen-bond acceptors (Lipinski definition) is 3. The monoisotopic (exact) mass is 258 g/mol. The van der Waals surface area contributed by atoms with Crippen molar-refractivity contribution in [1.82, 2.24) is 4.90 Å². The largest absolute Gasteiger partial charge is 0.398 e. The van der Waals surface area contributed by atoms with Crippen LogP contribution in [0.25, 0.3) is 0 Å². The zero-order valence-corrected chi connectivity index (χ0v) is 11.5. The minimum absolute atomic E-state index is 0.914. The summed E-state index contributed by atoms with van der Waals surface area (Å²) in [7, 11) is 0. The Balaban J connectivity index is 1.76. The highest BCUT2D eigenvalue weighted by molar-refractivity contribution is 7.10. The van der Waals surface area contributed by atoms with Crippen LogP contribution in [-0.4, -0.2) is 11.4 Å². The van der Waals surface area contributed by atoms with E-state index in [1.54, 1.807) is 4.88 Å². The van der Waals surface area contributed by atoms with E-state index in [2.05, 4.69) is 35.4 Å². The zero-order chi connectivity index (χ0) is 12.5. The number of nitrogens with two attached hydrogens (primary N) is 1. The van der Waals surface area contributed by atoms with Crippen LogP contribution < -0.4 is 5.73 Å². The summed E-state index contributed by atoms with van der Waals surface area (Å²) < 4.78 is 0. The summed E-state index contributed by atoms with van der Waals surface area (Å²) in [6.07, 6.45) is 1.18. The Hall–Kier alpha value is -1.32. The molecule has 0 unspecified atom stereocenters. The second-order valence-corrected chi connectivity index (χ2v) is 6.03. The molecular formula is C15H18N2S. The summed E-state index contributed by atoms with van der Waals surface area (Å²) in [6, 6.07) is 8.56. The Labute approximate surface area is 112 Å².